The lowest BCUT2D eigenvalue weighted by Crippen LogP contribution is -2.70. The van der Waals surface area contributed by atoms with Crippen LogP contribution < -0.4 is 0 Å². The zero-order valence-corrected chi connectivity index (χ0v) is 12.1. The van der Waals surface area contributed by atoms with E-state index in [0.29, 0.717) is 5.57 Å². The summed E-state index contributed by atoms with van der Waals surface area (Å²) in [6.45, 7) is 5.32. The summed E-state index contributed by atoms with van der Waals surface area (Å²) in [5.74, 6) is -1.58. The Morgan fingerprint density at radius 1 is 1.24 bits per heavy atom. The Morgan fingerprint density at radius 2 is 1.90 bits per heavy atom. The number of hydrogen-bond donors (Lipinski definition) is 2. The van der Waals surface area contributed by atoms with E-state index < -0.39 is 52.6 Å². The summed E-state index contributed by atoms with van der Waals surface area (Å²) < 4.78 is 11.3. The molecule has 21 heavy (non-hydrogen) atoms. The molecule has 2 N–H and O–H groups in total. The van der Waals surface area contributed by atoms with Crippen LogP contribution in [-0.2, 0) is 19.1 Å². The van der Waals surface area contributed by atoms with Gasteiger partial charge in [-0.1, -0.05) is 0 Å². The third-order valence-corrected chi connectivity index (χ3v) is 5.87. The van der Waals surface area contributed by atoms with Gasteiger partial charge in [0.05, 0.1) is 11.7 Å². The molecule has 6 atom stereocenters. The lowest BCUT2D eigenvalue weighted by atomic mass is 9.52. The van der Waals surface area contributed by atoms with Crippen molar-refractivity contribution in [2.75, 3.05) is 0 Å². The first kappa shape index (κ1) is 13.4. The summed E-state index contributed by atoms with van der Waals surface area (Å²) in [4.78, 5) is 25.3. The maximum atomic E-state index is 12.8. The van der Waals surface area contributed by atoms with Gasteiger partial charge in [-0.05, 0) is 32.4 Å². The molecule has 4 bridgehead atoms. The number of ether oxygens (including phenoxy) is 2. The fraction of sp³-hybridized carbons (Fsp3) is 0.733. The molecule has 2 spiro atoms. The summed E-state index contributed by atoms with van der Waals surface area (Å²) in [7, 11) is 0. The SMILES string of the molecule is CC1=C[C@H]2OC(=O)[C@@]3(C(=O)C[C@@H]4[C@@H](O)[C@]13OC4(C)C)[C@@H]2O. The van der Waals surface area contributed by atoms with Crippen molar-refractivity contribution in [3.8, 4) is 0 Å². The Hall–Kier alpha value is -1.24. The molecule has 0 radical (unpaired) electrons. The van der Waals surface area contributed by atoms with Gasteiger partial charge in [-0.25, -0.2) is 0 Å². The molecule has 6 heteroatoms. The molecule has 2 saturated heterocycles. The van der Waals surface area contributed by atoms with Crippen LogP contribution in [0.3, 0.4) is 0 Å². The first-order valence-electron chi connectivity index (χ1n) is 7.19. The lowest BCUT2D eigenvalue weighted by molar-refractivity contribution is -0.196. The Balaban J connectivity index is 2.07. The number of hydrogen-bond acceptors (Lipinski definition) is 6. The van der Waals surface area contributed by atoms with Crippen molar-refractivity contribution in [2.45, 2.75) is 56.7 Å². The minimum absolute atomic E-state index is 0.00206. The van der Waals surface area contributed by atoms with E-state index in [2.05, 4.69) is 0 Å². The fourth-order valence-electron chi connectivity index (χ4n) is 4.87. The van der Waals surface area contributed by atoms with Crippen molar-refractivity contribution >= 4 is 11.8 Å². The van der Waals surface area contributed by atoms with Gasteiger partial charge >= 0.3 is 5.97 Å². The summed E-state index contributed by atoms with van der Waals surface area (Å²) in [6, 6.07) is 0. The molecule has 2 heterocycles. The number of carbonyl (C=O) groups is 2. The van der Waals surface area contributed by atoms with E-state index in [1.807, 2.05) is 0 Å². The van der Waals surface area contributed by atoms with Gasteiger partial charge in [-0.3, -0.25) is 9.59 Å². The van der Waals surface area contributed by atoms with E-state index in [1.54, 1.807) is 26.8 Å². The highest BCUT2D eigenvalue weighted by molar-refractivity contribution is 6.10. The molecule has 2 aliphatic heterocycles. The topological polar surface area (TPSA) is 93.1 Å². The second-order valence-corrected chi connectivity index (χ2v) is 7.09. The molecule has 0 aromatic heterocycles. The van der Waals surface area contributed by atoms with Crippen LogP contribution in [0, 0.1) is 11.3 Å². The summed E-state index contributed by atoms with van der Waals surface area (Å²) in [5, 5.41) is 21.4. The normalized spacial score (nSPS) is 53.3. The minimum atomic E-state index is -1.83. The monoisotopic (exact) mass is 294 g/mol. The van der Waals surface area contributed by atoms with Gasteiger partial charge in [-0.2, -0.15) is 0 Å². The van der Waals surface area contributed by atoms with Crippen LogP contribution in [0.4, 0.5) is 0 Å². The molecular weight excluding hydrogens is 276 g/mol. The van der Waals surface area contributed by atoms with Crippen LogP contribution in [-0.4, -0.2) is 51.5 Å². The van der Waals surface area contributed by atoms with E-state index in [1.165, 1.54) is 0 Å². The largest absolute Gasteiger partial charge is 0.454 e. The Bertz CT molecular complexity index is 607. The first-order chi connectivity index (χ1) is 9.69. The number of aliphatic hydroxyl groups excluding tert-OH is 2. The van der Waals surface area contributed by atoms with Crippen molar-refractivity contribution in [3.63, 3.8) is 0 Å². The first-order valence-corrected chi connectivity index (χ1v) is 7.19. The van der Waals surface area contributed by atoms with E-state index >= 15 is 0 Å². The molecular formula is C15H18O6. The highest BCUT2D eigenvalue weighted by atomic mass is 16.6. The molecule has 4 rings (SSSR count). The zero-order chi connectivity index (χ0) is 15.4. The molecule has 0 aromatic carbocycles. The van der Waals surface area contributed by atoms with Gasteiger partial charge in [0.25, 0.3) is 0 Å². The molecule has 0 aromatic rings. The molecule has 0 amide bonds. The Labute approximate surface area is 121 Å². The Morgan fingerprint density at radius 3 is 2.57 bits per heavy atom. The average molecular weight is 294 g/mol. The molecule has 4 aliphatic rings. The minimum Gasteiger partial charge on any atom is -0.454 e. The predicted molar refractivity (Wildman–Crippen MR) is 69.1 cm³/mol. The van der Waals surface area contributed by atoms with Gasteiger partial charge < -0.3 is 19.7 Å². The van der Waals surface area contributed by atoms with Crippen molar-refractivity contribution in [3.05, 3.63) is 11.6 Å². The van der Waals surface area contributed by atoms with Crippen LogP contribution in [0.25, 0.3) is 0 Å². The van der Waals surface area contributed by atoms with E-state index in [4.69, 9.17) is 9.47 Å². The predicted octanol–water partition coefficient (Wildman–Crippen LogP) is -0.284. The van der Waals surface area contributed by atoms with Crippen molar-refractivity contribution < 1.29 is 29.3 Å². The van der Waals surface area contributed by atoms with Crippen molar-refractivity contribution in [1.82, 2.24) is 0 Å². The van der Waals surface area contributed by atoms with Crippen molar-refractivity contribution in [2.24, 2.45) is 11.3 Å². The highest BCUT2D eigenvalue weighted by Crippen LogP contribution is 2.65. The highest BCUT2D eigenvalue weighted by Gasteiger charge is 2.83. The van der Waals surface area contributed by atoms with Crippen LogP contribution in [0.1, 0.15) is 27.2 Å². The molecule has 2 aliphatic carbocycles. The summed E-state index contributed by atoms with van der Waals surface area (Å²) in [5.41, 5.74) is -3.52. The number of carbonyl (C=O) groups excluding carboxylic acids is 2. The molecule has 0 unspecified atom stereocenters. The van der Waals surface area contributed by atoms with Gasteiger partial charge in [-0.15, -0.1) is 0 Å². The maximum absolute atomic E-state index is 12.8. The lowest BCUT2D eigenvalue weighted by Gasteiger charge is -2.50. The third kappa shape index (κ3) is 1.08. The second-order valence-electron chi connectivity index (χ2n) is 7.09. The zero-order valence-electron chi connectivity index (χ0n) is 12.1. The molecule has 114 valence electrons. The van der Waals surface area contributed by atoms with Crippen LogP contribution >= 0.6 is 0 Å². The van der Waals surface area contributed by atoms with E-state index in [-0.39, 0.29) is 6.42 Å². The fourth-order valence-corrected chi connectivity index (χ4v) is 4.87. The summed E-state index contributed by atoms with van der Waals surface area (Å²) >= 11 is 0. The third-order valence-electron chi connectivity index (χ3n) is 5.87. The van der Waals surface area contributed by atoms with E-state index in [0.717, 1.165) is 0 Å². The second kappa shape index (κ2) is 3.39. The number of Topliss-reactive ketones (excluding diaryl/α,β-unsaturated/α-hetero) is 1. The Kier molecular flexibility index (Phi) is 2.17. The van der Waals surface area contributed by atoms with Crippen LogP contribution in [0.5, 0.6) is 0 Å². The quantitative estimate of drug-likeness (QED) is 0.362. The van der Waals surface area contributed by atoms with Gasteiger partial charge in [0, 0.05) is 12.3 Å². The van der Waals surface area contributed by atoms with Crippen LogP contribution in [0.15, 0.2) is 11.6 Å². The van der Waals surface area contributed by atoms with Crippen LogP contribution in [0.2, 0.25) is 0 Å². The summed E-state index contributed by atoms with van der Waals surface area (Å²) in [6.07, 6.45) is -1.59. The number of esters is 1. The molecule has 6 nitrogen and oxygen atoms in total. The van der Waals surface area contributed by atoms with Gasteiger partial charge in [0.15, 0.2) is 11.2 Å². The maximum Gasteiger partial charge on any atom is 0.326 e. The number of ketones is 1. The van der Waals surface area contributed by atoms with Gasteiger partial charge in [0.1, 0.15) is 17.8 Å². The smallest absolute Gasteiger partial charge is 0.326 e. The standard InChI is InChI=1S/C15H18O6/c1-6-4-8-11(18)14(12(19)20-8)9(16)5-7-10(17)15(6,14)21-13(7,2)3/h4,7-8,10-11,17-18H,5H2,1-3H3/t7-,8-,10-,11-,14-,15-/m1/s1. The number of fused-ring (bicyclic) bond motifs is 2. The van der Waals surface area contributed by atoms with Crippen molar-refractivity contribution in [1.29, 1.82) is 0 Å². The molecule has 1 saturated carbocycles. The number of rotatable bonds is 0. The number of aliphatic hydroxyl groups is 2. The molecule has 3 fully saturated rings. The van der Waals surface area contributed by atoms with E-state index in [9.17, 15) is 19.8 Å². The van der Waals surface area contributed by atoms with Gasteiger partial charge in [0.2, 0.25) is 0 Å². The average Bonchev–Trinajstić information content (AvgIpc) is 2.64.